The molecule has 0 radical (unpaired) electrons. The smallest absolute Gasteiger partial charge is 0.298 e. The molecule has 0 aliphatic carbocycles. The molecule has 0 fully saturated rings. The Morgan fingerprint density at radius 2 is 2.00 bits per heavy atom. The van der Waals surface area contributed by atoms with E-state index in [0.29, 0.717) is 22.5 Å². The molecule has 0 aromatic carbocycles. The van der Waals surface area contributed by atoms with Crippen LogP contribution in [0.5, 0.6) is 0 Å². The van der Waals surface area contributed by atoms with Crippen molar-refractivity contribution in [1.82, 2.24) is 19.9 Å². The van der Waals surface area contributed by atoms with Crippen LogP contribution < -0.4 is 15.9 Å². The first kappa shape index (κ1) is 16.6. The van der Waals surface area contributed by atoms with Gasteiger partial charge in [-0.2, -0.15) is 5.01 Å². The van der Waals surface area contributed by atoms with Crippen molar-refractivity contribution in [1.29, 1.82) is 0 Å². The van der Waals surface area contributed by atoms with Gasteiger partial charge in [0.2, 0.25) is 5.91 Å². The second-order valence-corrected chi connectivity index (χ2v) is 5.72. The summed E-state index contributed by atoms with van der Waals surface area (Å²) in [5.41, 5.74) is 0.462. The van der Waals surface area contributed by atoms with E-state index >= 15 is 0 Å². The average Bonchev–Trinajstić information content (AvgIpc) is 3.02. The summed E-state index contributed by atoms with van der Waals surface area (Å²) >= 11 is 0. The number of nitrogens with zero attached hydrogens (tertiary/aromatic N) is 5. The number of carbonyl (C=O) groups excluding carboxylic acids is 1. The van der Waals surface area contributed by atoms with E-state index in [4.69, 9.17) is 4.42 Å². The molecule has 0 aliphatic heterocycles. The lowest BCUT2D eigenvalue weighted by molar-refractivity contribution is -0.117. The van der Waals surface area contributed by atoms with Crippen LogP contribution in [0, 0.1) is 0 Å². The number of furan rings is 1. The van der Waals surface area contributed by atoms with Gasteiger partial charge in [-0.25, -0.2) is 9.97 Å². The maximum Gasteiger partial charge on any atom is 0.298 e. The van der Waals surface area contributed by atoms with Gasteiger partial charge in [-0.1, -0.05) is 13.8 Å². The van der Waals surface area contributed by atoms with Gasteiger partial charge in [0.25, 0.3) is 11.5 Å². The van der Waals surface area contributed by atoms with Crippen molar-refractivity contribution < 1.29 is 9.21 Å². The fraction of sp³-hybridized carbons (Fsp3) is 0.312. The fourth-order valence-corrected chi connectivity index (χ4v) is 2.44. The van der Waals surface area contributed by atoms with Crippen molar-refractivity contribution >= 4 is 28.7 Å². The maximum absolute atomic E-state index is 12.9. The first-order valence-corrected chi connectivity index (χ1v) is 7.76. The molecular formula is C16H18N6O3. The molecule has 0 bridgehead atoms. The third kappa shape index (κ3) is 2.84. The Morgan fingerprint density at radius 1 is 1.32 bits per heavy atom. The van der Waals surface area contributed by atoms with Crippen LogP contribution in [0.3, 0.4) is 0 Å². The van der Waals surface area contributed by atoms with Crippen molar-refractivity contribution in [2.75, 3.05) is 17.4 Å². The summed E-state index contributed by atoms with van der Waals surface area (Å²) in [6, 6.07) is 3.21. The van der Waals surface area contributed by atoms with E-state index in [-0.39, 0.29) is 11.9 Å². The normalized spacial score (nSPS) is 11.1. The molecule has 3 aromatic rings. The average molecular weight is 342 g/mol. The Morgan fingerprint density at radius 3 is 2.56 bits per heavy atom. The summed E-state index contributed by atoms with van der Waals surface area (Å²) < 4.78 is 5.67. The summed E-state index contributed by atoms with van der Waals surface area (Å²) in [5, 5.41) is 8.58. The monoisotopic (exact) mass is 342 g/mol. The molecule has 9 heteroatoms. The molecule has 0 atom stereocenters. The van der Waals surface area contributed by atoms with E-state index in [9.17, 15) is 9.59 Å². The number of nitrogens with one attached hydrogen (secondary N) is 1. The number of fused-ring (bicyclic) bond motifs is 1. The predicted octanol–water partition coefficient (Wildman–Crippen LogP) is 1.76. The van der Waals surface area contributed by atoms with Gasteiger partial charge < -0.3 is 9.73 Å². The standard InChI is InChI=1S/C16H18N6O3/c1-9(2)13-14-11(8-12(17-4)25-14)15(24)22(20-13)21(10(3)23)16-18-6-5-7-19-16/h5-9,17H,1-4H3. The molecule has 0 spiro atoms. The van der Waals surface area contributed by atoms with Gasteiger partial charge in [0.1, 0.15) is 5.69 Å². The minimum atomic E-state index is -0.493. The van der Waals surface area contributed by atoms with Crippen LogP contribution in [0.25, 0.3) is 11.0 Å². The highest BCUT2D eigenvalue weighted by Crippen LogP contribution is 2.26. The quantitative estimate of drug-likeness (QED) is 0.770. The summed E-state index contributed by atoms with van der Waals surface area (Å²) in [7, 11) is 1.69. The molecule has 3 aromatic heterocycles. The second kappa shape index (κ2) is 6.34. The van der Waals surface area contributed by atoms with Crippen LogP contribution in [-0.2, 0) is 4.79 Å². The molecule has 0 aliphatic rings. The molecule has 1 N–H and O–H groups in total. The number of aromatic nitrogens is 4. The SMILES string of the molecule is CNc1cc2c(=O)n(N(C(C)=O)c3ncccn3)nc(C(C)C)c2o1. The van der Waals surface area contributed by atoms with E-state index in [2.05, 4.69) is 20.4 Å². The van der Waals surface area contributed by atoms with Crippen LogP contribution in [0.15, 0.2) is 33.7 Å². The third-order valence-electron chi connectivity index (χ3n) is 3.60. The summed E-state index contributed by atoms with van der Waals surface area (Å²) in [6.07, 6.45) is 2.98. The van der Waals surface area contributed by atoms with Crippen LogP contribution in [0.4, 0.5) is 11.8 Å². The lowest BCUT2D eigenvalue weighted by Gasteiger charge is -2.20. The fourth-order valence-electron chi connectivity index (χ4n) is 2.44. The summed E-state index contributed by atoms with van der Waals surface area (Å²) in [6.45, 7) is 5.17. The van der Waals surface area contributed by atoms with Gasteiger partial charge in [0.05, 0.1) is 5.39 Å². The summed E-state index contributed by atoms with van der Waals surface area (Å²) in [5.74, 6) is 0.0396. The topological polar surface area (TPSA) is 106 Å². The largest absolute Gasteiger partial charge is 0.439 e. The van der Waals surface area contributed by atoms with Crippen molar-refractivity contribution in [3.63, 3.8) is 0 Å². The zero-order chi connectivity index (χ0) is 18.1. The van der Waals surface area contributed by atoms with E-state index in [1.807, 2.05) is 13.8 Å². The van der Waals surface area contributed by atoms with Gasteiger partial charge in [-0.05, 0) is 6.07 Å². The van der Waals surface area contributed by atoms with Crippen molar-refractivity contribution in [3.05, 3.63) is 40.6 Å². The Kier molecular flexibility index (Phi) is 4.22. The minimum absolute atomic E-state index is 0.0318. The molecule has 9 nitrogen and oxygen atoms in total. The Balaban J connectivity index is 2.33. The number of carbonyl (C=O) groups is 1. The number of hydrogen-bond donors (Lipinski definition) is 1. The third-order valence-corrected chi connectivity index (χ3v) is 3.60. The predicted molar refractivity (Wildman–Crippen MR) is 92.5 cm³/mol. The number of rotatable bonds is 4. The first-order chi connectivity index (χ1) is 11.9. The van der Waals surface area contributed by atoms with Gasteiger partial charge >= 0.3 is 0 Å². The molecule has 3 heterocycles. The van der Waals surface area contributed by atoms with Crippen LogP contribution in [-0.4, -0.2) is 32.8 Å². The highest BCUT2D eigenvalue weighted by molar-refractivity contribution is 5.89. The van der Waals surface area contributed by atoms with Gasteiger partial charge in [0, 0.05) is 38.3 Å². The van der Waals surface area contributed by atoms with Crippen molar-refractivity contribution in [2.45, 2.75) is 26.7 Å². The zero-order valence-electron chi connectivity index (χ0n) is 14.3. The van der Waals surface area contributed by atoms with Gasteiger partial charge in [-0.15, -0.1) is 9.89 Å². The van der Waals surface area contributed by atoms with Crippen LogP contribution >= 0.6 is 0 Å². The van der Waals surface area contributed by atoms with Gasteiger partial charge in [-0.3, -0.25) is 9.59 Å². The lowest BCUT2D eigenvalue weighted by atomic mass is 10.1. The molecule has 25 heavy (non-hydrogen) atoms. The number of hydrogen-bond acceptors (Lipinski definition) is 7. The second-order valence-electron chi connectivity index (χ2n) is 5.72. The molecule has 0 unspecified atom stereocenters. The van der Waals surface area contributed by atoms with Crippen LogP contribution in [0.2, 0.25) is 0 Å². The molecule has 0 saturated carbocycles. The molecule has 130 valence electrons. The highest BCUT2D eigenvalue weighted by Gasteiger charge is 2.24. The zero-order valence-corrected chi connectivity index (χ0v) is 14.3. The first-order valence-electron chi connectivity index (χ1n) is 7.76. The highest BCUT2D eigenvalue weighted by atomic mass is 16.4. The minimum Gasteiger partial charge on any atom is -0.439 e. The van der Waals surface area contributed by atoms with E-state index in [0.717, 1.165) is 9.80 Å². The maximum atomic E-state index is 12.9. The lowest BCUT2D eigenvalue weighted by Crippen LogP contribution is -2.44. The Bertz CT molecular complexity index is 977. The van der Waals surface area contributed by atoms with Crippen LogP contribution in [0.1, 0.15) is 32.4 Å². The molecular weight excluding hydrogens is 324 g/mol. The molecule has 1 amide bonds. The Hall–Kier alpha value is -3.23. The van der Waals surface area contributed by atoms with E-state index < -0.39 is 11.5 Å². The van der Waals surface area contributed by atoms with Crippen molar-refractivity contribution in [2.24, 2.45) is 0 Å². The van der Waals surface area contributed by atoms with Crippen molar-refractivity contribution in [3.8, 4) is 0 Å². The Labute approximate surface area is 143 Å². The summed E-state index contributed by atoms with van der Waals surface area (Å²) in [4.78, 5) is 34.2. The molecule has 0 saturated heterocycles. The number of anilines is 2. The molecule has 3 rings (SSSR count). The van der Waals surface area contributed by atoms with Gasteiger partial charge in [0.15, 0.2) is 11.5 Å². The van der Waals surface area contributed by atoms with E-state index in [1.165, 1.54) is 19.3 Å². The number of amides is 1. The van der Waals surface area contributed by atoms with E-state index in [1.54, 1.807) is 19.2 Å².